The van der Waals surface area contributed by atoms with Gasteiger partial charge in [0.1, 0.15) is 10.8 Å². The van der Waals surface area contributed by atoms with Crippen molar-refractivity contribution in [2.75, 3.05) is 20.2 Å². The van der Waals surface area contributed by atoms with Gasteiger partial charge in [0.25, 0.3) is 5.91 Å². The molecule has 0 atom stereocenters. The van der Waals surface area contributed by atoms with Crippen LogP contribution in [-0.4, -0.2) is 48.1 Å². The fraction of sp³-hybridized carbons (Fsp3) is 0.312. The van der Waals surface area contributed by atoms with Gasteiger partial charge in [-0.15, -0.1) is 0 Å². The number of likely N-dealkylation sites (N-methyl/N-ethyl adjacent to an activating group) is 1. The van der Waals surface area contributed by atoms with Crippen molar-refractivity contribution in [1.82, 2.24) is 20.8 Å². The molecule has 0 aliphatic heterocycles. The van der Waals surface area contributed by atoms with Crippen molar-refractivity contribution >= 4 is 29.5 Å². The second-order valence-corrected chi connectivity index (χ2v) is 6.06. The number of aryl methyl sites for hydroxylation is 1. The zero-order valence-corrected chi connectivity index (χ0v) is 15.1. The number of hydrogen-bond acceptors (Lipinski definition) is 8. The standard InChI is InChI=1S/C16H18N4O5S/c1-10-6-11(20-25-10)9-26-15-12(4-3-5-18-15)16(23)24-8-14(22)19-7-13(21)17-2/h3-6H,7-9H2,1-2H3,(H,17,21)(H,19,22). The first kappa shape index (κ1) is 19.4. The van der Waals surface area contributed by atoms with Gasteiger partial charge in [-0.1, -0.05) is 16.9 Å². The van der Waals surface area contributed by atoms with Crippen LogP contribution in [-0.2, 0) is 20.1 Å². The summed E-state index contributed by atoms with van der Waals surface area (Å²) in [5.74, 6) is -0.422. The van der Waals surface area contributed by atoms with Crippen LogP contribution in [0.5, 0.6) is 0 Å². The van der Waals surface area contributed by atoms with Gasteiger partial charge in [-0.2, -0.15) is 0 Å². The highest BCUT2D eigenvalue weighted by Crippen LogP contribution is 2.24. The van der Waals surface area contributed by atoms with Crippen molar-refractivity contribution in [3.8, 4) is 0 Å². The molecule has 0 fully saturated rings. The lowest BCUT2D eigenvalue weighted by molar-refractivity contribution is -0.127. The molecule has 2 amide bonds. The van der Waals surface area contributed by atoms with E-state index in [-0.39, 0.29) is 18.0 Å². The molecule has 2 aromatic rings. The van der Waals surface area contributed by atoms with E-state index in [2.05, 4.69) is 20.8 Å². The van der Waals surface area contributed by atoms with Gasteiger partial charge in [-0.25, -0.2) is 9.78 Å². The molecular weight excluding hydrogens is 360 g/mol. The Morgan fingerprint density at radius 2 is 2.12 bits per heavy atom. The zero-order chi connectivity index (χ0) is 18.9. The molecule has 2 heterocycles. The molecule has 26 heavy (non-hydrogen) atoms. The molecule has 0 spiro atoms. The maximum atomic E-state index is 12.2. The van der Waals surface area contributed by atoms with E-state index in [9.17, 15) is 14.4 Å². The van der Waals surface area contributed by atoms with Crippen LogP contribution >= 0.6 is 11.8 Å². The number of esters is 1. The molecule has 2 N–H and O–H groups in total. The molecule has 138 valence electrons. The van der Waals surface area contributed by atoms with Crippen molar-refractivity contribution in [3.05, 3.63) is 41.4 Å². The van der Waals surface area contributed by atoms with Crippen molar-refractivity contribution < 1.29 is 23.6 Å². The van der Waals surface area contributed by atoms with Crippen LogP contribution < -0.4 is 10.6 Å². The summed E-state index contributed by atoms with van der Waals surface area (Å²) >= 11 is 1.31. The normalized spacial score (nSPS) is 10.2. The van der Waals surface area contributed by atoms with Crippen LogP contribution in [0.3, 0.4) is 0 Å². The zero-order valence-electron chi connectivity index (χ0n) is 14.3. The molecule has 0 aromatic carbocycles. The maximum absolute atomic E-state index is 12.2. The Morgan fingerprint density at radius 3 is 2.81 bits per heavy atom. The topological polar surface area (TPSA) is 123 Å². The van der Waals surface area contributed by atoms with Crippen LogP contribution in [0.2, 0.25) is 0 Å². The van der Waals surface area contributed by atoms with E-state index in [0.29, 0.717) is 16.5 Å². The summed E-state index contributed by atoms with van der Waals surface area (Å²) < 4.78 is 9.98. The number of thioether (sulfide) groups is 1. The van der Waals surface area contributed by atoms with Crippen LogP contribution in [0.1, 0.15) is 21.8 Å². The van der Waals surface area contributed by atoms with Crippen molar-refractivity contribution in [2.24, 2.45) is 0 Å². The molecule has 10 heteroatoms. The largest absolute Gasteiger partial charge is 0.452 e. The Labute approximate surface area is 153 Å². The Morgan fingerprint density at radius 1 is 1.31 bits per heavy atom. The number of nitrogens with one attached hydrogen (secondary N) is 2. The maximum Gasteiger partial charge on any atom is 0.341 e. The predicted octanol–water partition coefficient (Wildman–Crippen LogP) is 0.689. The molecular formula is C16H18N4O5S. The number of ether oxygens (including phenoxy) is 1. The van der Waals surface area contributed by atoms with Gasteiger partial charge in [0, 0.05) is 25.1 Å². The summed E-state index contributed by atoms with van der Waals surface area (Å²) in [5, 5.41) is 9.04. The molecule has 9 nitrogen and oxygen atoms in total. The third kappa shape index (κ3) is 5.88. The fourth-order valence-corrected chi connectivity index (χ4v) is 2.68. The van der Waals surface area contributed by atoms with Gasteiger partial charge in [0.05, 0.1) is 17.8 Å². The lowest BCUT2D eigenvalue weighted by Crippen LogP contribution is -2.37. The lowest BCUT2D eigenvalue weighted by Gasteiger charge is -2.08. The Bertz CT molecular complexity index is 792. The van der Waals surface area contributed by atoms with E-state index in [1.807, 2.05) is 0 Å². The monoisotopic (exact) mass is 378 g/mol. The third-order valence-corrected chi connectivity index (χ3v) is 4.12. The summed E-state index contributed by atoms with van der Waals surface area (Å²) in [6, 6.07) is 4.96. The van der Waals surface area contributed by atoms with Crippen molar-refractivity contribution in [1.29, 1.82) is 0 Å². The van der Waals surface area contributed by atoms with Crippen LogP contribution in [0, 0.1) is 6.92 Å². The van der Waals surface area contributed by atoms with E-state index in [1.54, 1.807) is 31.3 Å². The number of amides is 2. The Balaban J connectivity index is 1.90. The number of aromatic nitrogens is 2. The molecule has 2 aromatic heterocycles. The minimum Gasteiger partial charge on any atom is -0.452 e. The van der Waals surface area contributed by atoms with E-state index in [4.69, 9.17) is 9.26 Å². The third-order valence-electron chi connectivity index (χ3n) is 3.08. The molecule has 0 unspecified atom stereocenters. The van der Waals surface area contributed by atoms with Crippen LogP contribution in [0.25, 0.3) is 0 Å². The summed E-state index contributed by atoms with van der Waals surface area (Å²) in [6.45, 7) is 1.12. The smallest absolute Gasteiger partial charge is 0.341 e. The molecule has 0 saturated heterocycles. The summed E-state index contributed by atoms with van der Waals surface area (Å²) in [7, 11) is 1.45. The Kier molecular flexibility index (Phi) is 7.15. The number of carbonyl (C=O) groups excluding carboxylic acids is 3. The predicted molar refractivity (Wildman–Crippen MR) is 92.4 cm³/mol. The van der Waals surface area contributed by atoms with Gasteiger partial charge in [-0.3, -0.25) is 9.59 Å². The van der Waals surface area contributed by atoms with Gasteiger partial charge in [0.15, 0.2) is 6.61 Å². The molecule has 0 radical (unpaired) electrons. The average molecular weight is 378 g/mol. The minimum absolute atomic E-state index is 0.183. The highest BCUT2D eigenvalue weighted by atomic mass is 32.2. The van der Waals surface area contributed by atoms with E-state index in [0.717, 1.165) is 5.69 Å². The van der Waals surface area contributed by atoms with Gasteiger partial charge in [0.2, 0.25) is 5.91 Å². The Hall–Kier alpha value is -2.88. The molecule has 0 bridgehead atoms. The first-order valence-corrected chi connectivity index (χ1v) is 8.62. The molecule has 2 rings (SSSR count). The number of carbonyl (C=O) groups is 3. The highest BCUT2D eigenvalue weighted by Gasteiger charge is 2.16. The van der Waals surface area contributed by atoms with E-state index in [1.165, 1.54) is 18.8 Å². The highest BCUT2D eigenvalue weighted by molar-refractivity contribution is 7.98. The van der Waals surface area contributed by atoms with E-state index < -0.39 is 18.5 Å². The second kappa shape index (κ2) is 9.56. The molecule has 0 saturated carbocycles. The van der Waals surface area contributed by atoms with Gasteiger partial charge in [-0.05, 0) is 19.1 Å². The number of pyridine rings is 1. The van der Waals surface area contributed by atoms with E-state index >= 15 is 0 Å². The molecule has 0 aliphatic carbocycles. The van der Waals surface area contributed by atoms with Crippen LogP contribution in [0.15, 0.2) is 33.9 Å². The first-order chi connectivity index (χ1) is 12.5. The second-order valence-electron chi connectivity index (χ2n) is 5.10. The molecule has 0 aliphatic rings. The summed E-state index contributed by atoms with van der Waals surface area (Å²) in [4.78, 5) is 39.0. The van der Waals surface area contributed by atoms with Crippen molar-refractivity contribution in [3.63, 3.8) is 0 Å². The van der Waals surface area contributed by atoms with Gasteiger partial charge < -0.3 is 19.9 Å². The average Bonchev–Trinajstić information content (AvgIpc) is 3.07. The van der Waals surface area contributed by atoms with Gasteiger partial charge >= 0.3 is 5.97 Å². The fourth-order valence-electron chi connectivity index (χ4n) is 1.82. The number of nitrogens with zero attached hydrogens (tertiary/aromatic N) is 2. The first-order valence-electron chi connectivity index (χ1n) is 7.64. The number of rotatable bonds is 8. The lowest BCUT2D eigenvalue weighted by atomic mass is 10.3. The summed E-state index contributed by atoms with van der Waals surface area (Å²) in [6.07, 6.45) is 1.56. The quantitative estimate of drug-likeness (QED) is 0.508. The minimum atomic E-state index is -0.674. The number of hydrogen-bond donors (Lipinski definition) is 2. The van der Waals surface area contributed by atoms with Crippen molar-refractivity contribution in [2.45, 2.75) is 17.7 Å². The SMILES string of the molecule is CNC(=O)CNC(=O)COC(=O)c1cccnc1SCc1cc(C)on1. The summed E-state index contributed by atoms with van der Waals surface area (Å²) in [5.41, 5.74) is 0.975. The van der Waals surface area contributed by atoms with Crippen LogP contribution in [0.4, 0.5) is 0 Å².